The van der Waals surface area contributed by atoms with E-state index in [-0.39, 0.29) is 20.1 Å². The first-order valence-corrected chi connectivity index (χ1v) is 10.7. The van der Waals surface area contributed by atoms with Gasteiger partial charge >= 0.3 is 0 Å². The number of aromatic nitrogens is 3. The Balaban J connectivity index is 0.000000164. The van der Waals surface area contributed by atoms with E-state index in [1.807, 2.05) is 54.6 Å². The van der Waals surface area contributed by atoms with Crippen molar-refractivity contribution in [2.45, 2.75) is 0 Å². The molecule has 3 aromatic heterocycles. The van der Waals surface area contributed by atoms with E-state index in [0.29, 0.717) is 0 Å². The van der Waals surface area contributed by atoms with E-state index < -0.39 is 0 Å². The van der Waals surface area contributed by atoms with Crippen LogP contribution in [-0.4, -0.2) is 15.0 Å². The van der Waals surface area contributed by atoms with Gasteiger partial charge in [0.05, 0.1) is 5.82 Å². The van der Waals surface area contributed by atoms with Gasteiger partial charge in [-0.05, 0) is 34.0 Å². The third kappa shape index (κ3) is 4.66. The number of benzene rings is 3. The number of hydrogen-bond donors (Lipinski definition) is 0. The summed E-state index contributed by atoms with van der Waals surface area (Å²) in [4.78, 5) is 12.9. The molecule has 0 spiro atoms. The molecular formula is C27H17IrN3S-2. The molecule has 0 N–H and O–H groups in total. The van der Waals surface area contributed by atoms with Crippen LogP contribution in [-0.2, 0) is 20.1 Å². The molecule has 0 aliphatic carbocycles. The van der Waals surface area contributed by atoms with Gasteiger partial charge in [-0.15, -0.1) is 54.1 Å². The molecule has 5 heteroatoms. The van der Waals surface area contributed by atoms with Gasteiger partial charge in [0, 0.05) is 43.4 Å². The smallest absolute Gasteiger partial charge is 0.0761 e. The average Bonchev–Trinajstić information content (AvgIpc) is 3.25. The Morgan fingerprint density at radius 2 is 1.41 bits per heavy atom. The summed E-state index contributed by atoms with van der Waals surface area (Å²) in [6.07, 6.45) is 5.32. The predicted molar refractivity (Wildman–Crippen MR) is 128 cm³/mol. The van der Waals surface area contributed by atoms with Crippen molar-refractivity contribution in [3.05, 3.63) is 116 Å². The van der Waals surface area contributed by atoms with Gasteiger partial charge in [-0.25, -0.2) is 0 Å². The van der Waals surface area contributed by atoms with Gasteiger partial charge in [-0.2, -0.15) is 11.3 Å². The maximum Gasteiger partial charge on any atom is 0.0761 e. The van der Waals surface area contributed by atoms with Gasteiger partial charge < -0.3 is 4.98 Å². The van der Waals surface area contributed by atoms with Crippen molar-refractivity contribution in [2.75, 3.05) is 0 Å². The molecule has 3 aromatic carbocycles. The van der Waals surface area contributed by atoms with Crippen molar-refractivity contribution in [2.24, 2.45) is 0 Å². The number of thiophene rings is 1. The molecule has 0 aliphatic heterocycles. The Morgan fingerprint density at radius 3 is 2.19 bits per heavy atom. The first kappa shape index (κ1) is 22.0. The molecule has 0 aliphatic rings. The first-order chi connectivity index (χ1) is 15.4. The van der Waals surface area contributed by atoms with Crippen LogP contribution >= 0.6 is 11.3 Å². The van der Waals surface area contributed by atoms with E-state index >= 15 is 0 Å². The molecule has 6 rings (SSSR count). The Hall–Kier alpha value is -3.24. The average molecular weight is 608 g/mol. The summed E-state index contributed by atoms with van der Waals surface area (Å²) >= 11 is 1.77. The fraction of sp³-hybridized carbons (Fsp3) is 0. The minimum atomic E-state index is 0. The summed E-state index contributed by atoms with van der Waals surface area (Å²) in [6, 6.07) is 34.4. The van der Waals surface area contributed by atoms with Crippen LogP contribution in [0.1, 0.15) is 0 Å². The Labute approximate surface area is 204 Å². The molecule has 0 saturated carbocycles. The number of rotatable bonds is 2. The van der Waals surface area contributed by atoms with Crippen LogP contribution in [0.5, 0.6) is 0 Å². The number of pyridine rings is 1. The maximum atomic E-state index is 4.33. The van der Waals surface area contributed by atoms with Gasteiger partial charge in [0.1, 0.15) is 0 Å². The normalized spacial score (nSPS) is 10.2. The third-order valence-electron chi connectivity index (χ3n) is 4.78. The quantitative estimate of drug-likeness (QED) is 0.202. The number of fused-ring (bicyclic) bond motifs is 3. The van der Waals surface area contributed by atoms with Crippen molar-refractivity contribution >= 4 is 31.5 Å². The van der Waals surface area contributed by atoms with Gasteiger partial charge in [-0.1, -0.05) is 41.3 Å². The summed E-state index contributed by atoms with van der Waals surface area (Å²) < 4.78 is 2.49. The van der Waals surface area contributed by atoms with Gasteiger partial charge in [0.15, 0.2) is 0 Å². The summed E-state index contributed by atoms with van der Waals surface area (Å²) in [5, 5.41) is 2.54. The van der Waals surface area contributed by atoms with E-state index in [9.17, 15) is 0 Å². The molecule has 0 fully saturated rings. The monoisotopic (exact) mass is 608 g/mol. The van der Waals surface area contributed by atoms with Crippen molar-refractivity contribution in [3.8, 4) is 22.6 Å². The molecule has 6 aromatic rings. The van der Waals surface area contributed by atoms with E-state index in [1.54, 1.807) is 29.9 Å². The fourth-order valence-electron chi connectivity index (χ4n) is 3.36. The topological polar surface area (TPSA) is 38.7 Å². The molecule has 3 nitrogen and oxygen atoms in total. The predicted octanol–water partition coefficient (Wildman–Crippen LogP) is 6.86. The summed E-state index contributed by atoms with van der Waals surface area (Å²) in [5.74, 6) is 0.736. The summed E-state index contributed by atoms with van der Waals surface area (Å²) in [5.41, 5.74) is 3.00. The summed E-state index contributed by atoms with van der Waals surface area (Å²) in [6.45, 7) is 0. The Bertz CT molecular complexity index is 1380. The minimum absolute atomic E-state index is 0. The van der Waals surface area contributed by atoms with E-state index in [0.717, 1.165) is 22.6 Å². The molecule has 0 saturated heterocycles. The zero-order valence-electron chi connectivity index (χ0n) is 16.9. The van der Waals surface area contributed by atoms with Crippen LogP contribution in [0.25, 0.3) is 42.8 Å². The third-order valence-corrected chi connectivity index (χ3v) is 5.98. The molecule has 0 amide bonds. The van der Waals surface area contributed by atoms with Gasteiger partial charge in [0.2, 0.25) is 0 Å². The second kappa shape index (κ2) is 10.4. The molecule has 1 radical (unpaired) electrons. The second-order valence-electron chi connectivity index (χ2n) is 6.76. The van der Waals surface area contributed by atoms with Crippen molar-refractivity contribution in [1.82, 2.24) is 15.0 Å². The van der Waals surface area contributed by atoms with Crippen molar-refractivity contribution in [1.29, 1.82) is 0 Å². The standard InChI is InChI=1S/C16H9N2S.C11H8N.Ir/c1-2-8-14-11(5-1)12-6-3-7-13(15(12)19-14)16-17-9-4-10-18-16;1-2-6-10(7-3-1)11-8-4-5-9-12-11;/h1-6,8-10H;1-6,8-9H;/q2*-1;. The van der Waals surface area contributed by atoms with Crippen LogP contribution in [0.2, 0.25) is 0 Å². The van der Waals surface area contributed by atoms with Gasteiger partial charge in [-0.3, -0.25) is 9.97 Å². The number of nitrogens with zero attached hydrogens (tertiary/aromatic N) is 3. The molecule has 157 valence electrons. The zero-order valence-corrected chi connectivity index (χ0v) is 20.1. The fourth-order valence-corrected chi connectivity index (χ4v) is 4.55. The molecule has 32 heavy (non-hydrogen) atoms. The van der Waals surface area contributed by atoms with Crippen LogP contribution in [0.15, 0.2) is 104 Å². The molecular weight excluding hydrogens is 591 g/mol. The molecule has 0 atom stereocenters. The minimum Gasteiger partial charge on any atom is -0.305 e. The molecule has 3 heterocycles. The van der Waals surface area contributed by atoms with Crippen molar-refractivity contribution < 1.29 is 20.1 Å². The Kier molecular flexibility index (Phi) is 7.13. The molecule has 0 bridgehead atoms. The van der Waals surface area contributed by atoms with E-state index in [1.165, 1.54) is 20.2 Å². The van der Waals surface area contributed by atoms with E-state index in [2.05, 4.69) is 57.4 Å². The van der Waals surface area contributed by atoms with Gasteiger partial charge in [0.25, 0.3) is 0 Å². The van der Waals surface area contributed by atoms with Crippen LogP contribution < -0.4 is 0 Å². The number of hydrogen-bond acceptors (Lipinski definition) is 4. The first-order valence-electron chi connectivity index (χ1n) is 9.87. The van der Waals surface area contributed by atoms with E-state index in [4.69, 9.17) is 0 Å². The zero-order chi connectivity index (χ0) is 20.9. The van der Waals surface area contributed by atoms with Crippen molar-refractivity contribution in [3.63, 3.8) is 0 Å². The van der Waals surface area contributed by atoms with Crippen LogP contribution in [0.3, 0.4) is 0 Å². The van der Waals surface area contributed by atoms with Crippen LogP contribution in [0.4, 0.5) is 0 Å². The second-order valence-corrected chi connectivity index (χ2v) is 7.81. The van der Waals surface area contributed by atoms with Crippen LogP contribution in [0, 0.1) is 12.1 Å². The summed E-state index contributed by atoms with van der Waals surface area (Å²) in [7, 11) is 0. The SMILES string of the molecule is [Ir].[c-]1ccc2c(sc3ccccc32)c1-c1ncccn1.[c-]1ccccc1-c1ccccn1. The maximum absolute atomic E-state index is 4.33. The largest absolute Gasteiger partial charge is 0.305 e. The molecule has 0 unspecified atom stereocenters. The Morgan fingerprint density at radius 1 is 0.625 bits per heavy atom.